The molecule has 3 heteroatoms. The van der Waals surface area contributed by atoms with E-state index < -0.39 is 0 Å². The smallest absolute Gasteiger partial charge is 0.141 e. The summed E-state index contributed by atoms with van der Waals surface area (Å²) < 4.78 is 0. The maximum Gasteiger partial charge on any atom is 0.141 e. The lowest BCUT2D eigenvalue weighted by Gasteiger charge is -2.07. The average Bonchev–Trinajstić information content (AvgIpc) is 2.31. The molecule has 0 aromatic heterocycles. The Morgan fingerprint density at radius 2 is 1.62 bits per heavy atom. The summed E-state index contributed by atoms with van der Waals surface area (Å²) in [6.07, 6.45) is 0.590. The van der Waals surface area contributed by atoms with E-state index in [9.17, 15) is 10.2 Å². The molecular formula is C13H11ClO2. The van der Waals surface area contributed by atoms with Crippen molar-refractivity contribution < 1.29 is 10.2 Å². The molecule has 16 heavy (non-hydrogen) atoms. The third-order valence-electron chi connectivity index (χ3n) is 2.42. The maximum absolute atomic E-state index is 9.75. The van der Waals surface area contributed by atoms with Gasteiger partial charge < -0.3 is 10.2 Å². The molecule has 0 radical (unpaired) electrons. The predicted octanol–water partition coefficient (Wildman–Crippen LogP) is 3.34. The average molecular weight is 235 g/mol. The molecule has 0 amide bonds. The van der Waals surface area contributed by atoms with E-state index in [1.165, 1.54) is 6.07 Å². The highest BCUT2D eigenvalue weighted by molar-refractivity contribution is 6.33. The fourth-order valence-electron chi connectivity index (χ4n) is 1.55. The largest absolute Gasteiger partial charge is 0.506 e. The quantitative estimate of drug-likeness (QED) is 0.837. The molecule has 0 fully saturated rings. The van der Waals surface area contributed by atoms with Crippen molar-refractivity contribution in [3.63, 3.8) is 0 Å². The second-order valence-corrected chi connectivity index (χ2v) is 3.95. The molecular weight excluding hydrogens is 224 g/mol. The van der Waals surface area contributed by atoms with Crippen LogP contribution >= 0.6 is 11.6 Å². The fourth-order valence-corrected chi connectivity index (χ4v) is 1.74. The second kappa shape index (κ2) is 4.45. The first-order valence-electron chi connectivity index (χ1n) is 4.91. The van der Waals surface area contributed by atoms with Crippen LogP contribution in [0.1, 0.15) is 11.1 Å². The summed E-state index contributed by atoms with van der Waals surface area (Å²) in [6, 6.07) is 12.9. The third-order valence-corrected chi connectivity index (χ3v) is 2.79. The van der Waals surface area contributed by atoms with Gasteiger partial charge in [-0.3, -0.25) is 0 Å². The Labute approximate surface area is 98.7 Å². The first kappa shape index (κ1) is 10.8. The van der Waals surface area contributed by atoms with Gasteiger partial charge in [-0.25, -0.2) is 0 Å². The van der Waals surface area contributed by atoms with Gasteiger partial charge in [0.2, 0.25) is 0 Å². The summed E-state index contributed by atoms with van der Waals surface area (Å²) in [4.78, 5) is 0. The van der Waals surface area contributed by atoms with E-state index in [0.717, 1.165) is 5.56 Å². The van der Waals surface area contributed by atoms with E-state index in [1.54, 1.807) is 6.07 Å². The van der Waals surface area contributed by atoms with Gasteiger partial charge in [-0.05, 0) is 11.6 Å². The Morgan fingerprint density at radius 1 is 0.938 bits per heavy atom. The van der Waals surface area contributed by atoms with Gasteiger partial charge in [-0.2, -0.15) is 0 Å². The third kappa shape index (κ3) is 2.12. The van der Waals surface area contributed by atoms with E-state index in [2.05, 4.69) is 0 Å². The van der Waals surface area contributed by atoms with Crippen molar-refractivity contribution in [2.45, 2.75) is 6.42 Å². The van der Waals surface area contributed by atoms with Crippen LogP contribution in [0.2, 0.25) is 5.02 Å². The summed E-state index contributed by atoms with van der Waals surface area (Å²) in [5, 5.41) is 19.1. The monoisotopic (exact) mass is 234 g/mol. The molecule has 0 atom stereocenters. The number of rotatable bonds is 2. The molecule has 2 aromatic carbocycles. The molecule has 82 valence electrons. The molecule has 0 saturated carbocycles. The summed E-state index contributed by atoms with van der Waals surface area (Å²) in [5.41, 5.74) is 1.79. The number of benzene rings is 2. The zero-order valence-electron chi connectivity index (χ0n) is 8.52. The molecule has 0 aliphatic heterocycles. The highest BCUT2D eigenvalue weighted by atomic mass is 35.5. The van der Waals surface area contributed by atoms with Gasteiger partial charge >= 0.3 is 0 Å². The minimum Gasteiger partial charge on any atom is -0.506 e. The van der Waals surface area contributed by atoms with Gasteiger partial charge in [-0.1, -0.05) is 48.0 Å². The van der Waals surface area contributed by atoms with Gasteiger partial charge in [0.05, 0.1) is 0 Å². The molecule has 0 unspecified atom stereocenters. The van der Waals surface area contributed by atoms with Crippen molar-refractivity contribution in [2.75, 3.05) is 0 Å². The van der Waals surface area contributed by atoms with Gasteiger partial charge in [-0.15, -0.1) is 0 Å². The van der Waals surface area contributed by atoms with Crippen LogP contribution in [0.4, 0.5) is 0 Å². The van der Waals surface area contributed by atoms with E-state index in [4.69, 9.17) is 11.6 Å². The first-order chi connectivity index (χ1) is 7.68. The topological polar surface area (TPSA) is 40.5 Å². The van der Waals surface area contributed by atoms with E-state index in [-0.39, 0.29) is 16.5 Å². The number of hydrogen-bond donors (Lipinski definition) is 2. The minimum absolute atomic E-state index is 0.00781. The van der Waals surface area contributed by atoms with Gasteiger partial charge in [0.25, 0.3) is 0 Å². The highest BCUT2D eigenvalue weighted by Gasteiger charge is 2.10. The lowest BCUT2D eigenvalue weighted by molar-refractivity contribution is 0.447. The van der Waals surface area contributed by atoms with Crippen LogP contribution in [0, 0.1) is 0 Å². The number of phenolic OH excluding ortho intramolecular Hbond substituents is 2. The van der Waals surface area contributed by atoms with E-state index in [0.29, 0.717) is 12.0 Å². The summed E-state index contributed by atoms with van der Waals surface area (Å²) in [7, 11) is 0. The van der Waals surface area contributed by atoms with Crippen LogP contribution in [0.25, 0.3) is 0 Å². The Morgan fingerprint density at radius 3 is 2.31 bits per heavy atom. The first-order valence-corrected chi connectivity index (χ1v) is 5.29. The van der Waals surface area contributed by atoms with Gasteiger partial charge in [0, 0.05) is 12.0 Å². The Hall–Kier alpha value is -1.67. The van der Waals surface area contributed by atoms with E-state index in [1.807, 2.05) is 30.3 Å². The van der Waals surface area contributed by atoms with Crippen LogP contribution in [-0.4, -0.2) is 10.2 Å². The van der Waals surface area contributed by atoms with Crippen LogP contribution in [-0.2, 0) is 6.42 Å². The Balaban J connectivity index is 2.33. The summed E-state index contributed by atoms with van der Waals surface area (Å²) >= 11 is 5.75. The summed E-state index contributed by atoms with van der Waals surface area (Å²) in [6.45, 7) is 0. The number of hydrogen-bond acceptors (Lipinski definition) is 2. The highest BCUT2D eigenvalue weighted by Crippen LogP contribution is 2.35. The van der Waals surface area contributed by atoms with Crippen LogP contribution in [0.15, 0.2) is 42.5 Å². The van der Waals surface area contributed by atoms with Crippen molar-refractivity contribution >= 4 is 11.6 Å². The van der Waals surface area contributed by atoms with Crippen molar-refractivity contribution in [1.82, 2.24) is 0 Å². The lowest BCUT2D eigenvalue weighted by Crippen LogP contribution is -1.89. The molecule has 0 spiro atoms. The molecule has 0 saturated heterocycles. The summed E-state index contributed by atoms with van der Waals surface area (Å²) in [5.74, 6) is -0.151. The fraction of sp³-hybridized carbons (Fsp3) is 0.0769. The van der Waals surface area contributed by atoms with Gasteiger partial charge in [0.15, 0.2) is 0 Å². The molecule has 0 aliphatic carbocycles. The number of aromatic hydroxyl groups is 2. The van der Waals surface area contributed by atoms with Crippen LogP contribution in [0.3, 0.4) is 0 Å². The molecule has 2 rings (SSSR count). The van der Waals surface area contributed by atoms with E-state index >= 15 is 0 Å². The number of phenols is 2. The van der Waals surface area contributed by atoms with Crippen LogP contribution < -0.4 is 0 Å². The predicted molar refractivity (Wildman–Crippen MR) is 64.0 cm³/mol. The maximum atomic E-state index is 9.75. The number of halogens is 1. The van der Waals surface area contributed by atoms with Crippen LogP contribution in [0.5, 0.6) is 11.5 Å². The van der Waals surface area contributed by atoms with Gasteiger partial charge in [0.1, 0.15) is 16.5 Å². The van der Waals surface area contributed by atoms with Crippen molar-refractivity contribution in [1.29, 1.82) is 0 Å². The minimum atomic E-state index is -0.101. The SMILES string of the molecule is Oc1ccc(Cc2ccccc2)c(O)c1Cl. The molecule has 0 bridgehead atoms. The Bertz CT molecular complexity index is 495. The zero-order chi connectivity index (χ0) is 11.5. The normalized spacial score (nSPS) is 10.3. The lowest BCUT2D eigenvalue weighted by atomic mass is 10.0. The Kier molecular flexibility index (Phi) is 3.02. The zero-order valence-corrected chi connectivity index (χ0v) is 9.28. The van der Waals surface area contributed by atoms with Crippen molar-refractivity contribution in [3.8, 4) is 11.5 Å². The second-order valence-electron chi connectivity index (χ2n) is 3.57. The molecule has 2 nitrogen and oxygen atoms in total. The molecule has 0 aliphatic rings. The molecule has 2 N–H and O–H groups in total. The van der Waals surface area contributed by atoms with Crippen molar-refractivity contribution in [2.24, 2.45) is 0 Å². The molecule has 0 heterocycles. The van der Waals surface area contributed by atoms with Crippen molar-refractivity contribution in [3.05, 3.63) is 58.6 Å². The standard InChI is InChI=1S/C13H11ClO2/c14-12-11(15)7-6-10(13(12)16)8-9-4-2-1-3-5-9/h1-7,15-16H,8H2. The molecule has 2 aromatic rings.